The van der Waals surface area contributed by atoms with Gasteiger partial charge >= 0.3 is 0 Å². The molecule has 1 aliphatic rings. The molecule has 1 aliphatic heterocycles. The molecule has 1 aromatic rings. The van der Waals surface area contributed by atoms with Gasteiger partial charge in [0.25, 0.3) is 0 Å². The van der Waals surface area contributed by atoms with E-state index in [-0.39, 0.29) is 6.35 Å². The summed E-state index contributed by atoms with van der Waals surface area (Å²) in [4.78, 5) is 0. The number of fused-ring (bicyclic) bond motifs is 1. The number of hydrogen-bond acceptors (Lipinski definition) is 3. The van der Waals surface area contributed by atoms with Crippen molar-refractivity contribution in [1.82, 2.24) is 5.32 Å². The maximum absolute atomic E-state index is 5.80. The van der Waals surface area contributed by atoms with Crippen LogP contribution in [-0.4, -0.2) is 13.4 Å². The van der Waals surface area contributed by atoms with E-state index in [1.165, 1.54) is 0 Å². The highest BCUT2D eigenvalue weighted by Crippen LogP contribution is 2.32. The van der Waals surface area contributed by atoms with Gasteiger partial charge in [0.2, 0.25) is 6.35 Å². The van der Waals surface area contributed by atoms with Crippen molar-refractivity contribution in [3.63, 3.8) is 0 Å². The summed E-state index contributed by atoms with van der Waals surface area (Å²) in [5.41, 5.74) is 0.932. The highest BCUT2D eigenvalue weighted by atomic mass is 35.5. The average Bonchev–Trinajstić information content (AvgIpc) is 2.62. The molecule has 0 aromatic heterocycles. The Kier molecular flexibility index (Phi) is 4.04. The van der Waals surface area contributed by atoms with Gasteiger partial charge in [0, 0.05) is 5.02 Å². The van der Waals surface area contributed by atoms with E-state index in [1.54, 1.807) is 6.07 Å². The number of rotatable bonds is 1. The first-order valence-electron chi connectivity index (χ1n) is 4.69. The topological polar surface area (TPSA) is 33.3 Å². The van der Waals surface area contributed by atoms with Crippen LogP contribution in [0.5, 0.6) is 5.75 Å². The van der Waals surface area contributed by atoms with E-state index in [0.717, 1.165) is 11.4 Å². The van der Waals surface area contributed by atoms with E-state index < -0.39 is 0 Å². The second-order valence-corrected chi connectivity index (χ2v) is 3.01. The van der Waals surface area contributed by atoms with Crippen LogP contribution in [-0.2, 0) is 0 Å². The van der Waals surface area contributed by atoms with Gasteiger partial charge in [-0.2, -0.15) is 0 Å². The Morgan fingerprint density at radius 2 is 2.14 bits per heavy atom. The van der Waals surface area contributed by atoms with Gasteiger partial charge in [-0.1, -0.05) is 25.4 Å². The molecule has 0 bridgehead atoms. The number of hydrogen-bond donors (Lipinski definition) is 2. The predicted molar refractivity (Wildman–Crippen MR) is 59.9 cm³/mol. The van der Waals surface area contributed by atoms with E-state index in [1.807, 2.05) is 33.0 Å². The number of nitrogens with one attached hydrogen (secondary N) is 2. The third-order valence-electron chi connectivity index (χ3n) is 1.74. The molecule has 0 amide bonds. The third-order valence-corrected chi connectivity index (χ3v) is 1.97. The number of halogens is 1. The molecule has 0 saturated heterocycles. The second kappa shape index (κ2) is 5.08. The summed E-state index contributed by atoms with van der Waals surface area (Å²) >= 11 is 5.80. The molecule has 78 valence electrons. The Morgan fingerprint density at radius 3 is 2.79 bits per heavy atom. The molecular weight excluding hydrogens is 200 g/mol. The van der Waals surface area contributed by atoms with Gasteiger partial charge in [0.15, 0.2) is 0 Å². The van der Waals surface area contributed by atoms with Gasteiger partial charge in [-0.25, -0.2) is 0 Å². The molecule has 0 spiro atoms. The average molecular weight is 215 g/mol. The van der Waals surface area contributed by atoms with Crippen LogP contribution in [0.25, 0.3) is 0 Å². The van der Waals surface area contributed by atoms with Crippen molar-refractivity contribution in [1.29, 1.82) is 0 Å². The third kappa shape index (κ3) is 2.30. The molecule has 0 saturated carbocycles. The summed E-state index contributed by atoms with van der Waals surface area (Å²) in [6.45, 7) is 4.00. The molecule has 14 heavy (non-hydrogen) atoms. The first-order valence-corrected chi connectivity index (χ1v) is 5.07. The molecule has 1 unspecified atom stereocenters. The maximum Gasteiger partial charge on any atom is 0.227 e. The Balaban J connectivity index is 0.000000461. The van der Waals surface area contributed by atoms with Crippen LogP contribution in [0.3, 0.4) is 0 Å². The van der Waals surface area contributed by atoms with Crippen LogP contribution in [0.15, 0.2) is 18.2 Å². The standard InChI is InChI=1S/C8H9ClN2O.C2H6/c1-10-8-11-6-4-5(9)2-3-7(6)12-8;1-2/h2-4,8,10-11H,1H3;1-2H3. The highest BCUT2D eigenvalue weighted by molar-refractivity contribution is 6.30. The molecule has 1 aromatic carbocycles. The minimum absolute atomic E-state index is 0.140. The molecule has 0 aliphatic carbocycles. The molecule has 0 fully saturated rings. The van der Waals surface area contributed by atoms with E-state index >= 15 is 0 Å². The maximum atomic E-state index is 5.80. The second-order valence-electron chi connectivity index (χ2n) is 2.57. The van der Waals surface area contributed by atoms with Crippen LogP contribution in [0.4, 0.5) is 5.69 Å². The van der Waals surface area contributed by atoms with Crippen molar-refractivity contribution < 1.29 is 4.74 Å². The van der Waals surface area contributed by atoms with Crippen molar-refractivity contribution >= 4 is 17.3 Å². The van der Waals surface area contributed by atoms with Gasteiger partial charge in [-0.3, -0.25) is 5.32 Å². The molecule has 2 N–H and O–H groups in total. The summed E-state index contributed by atoms with van der Waals surface area (Å²) in [6.07, 6.45) is -0.140. The normalized spacial score (nSPS) is 17.3. The first-order chi connectivity index (χ1) is 6.79. The summed E-state index contributed by atoms with van der Waals surface area (Å²) in [7, 11) is 1.82. The fraction of sp³-hybridized carbons (Fsp3) is 0.400. The number of anilines is 1. The van der Waals surface area contributed by atoms with E-state index in [0.29, 0.717) is 5.02 Å². The van der Waals surface area contributed by atoms with Crippen LogP contribution >= 0.6 is 11.6 Å². The minimum Gasteiger partial charge on any atom is -0.455 e. The summed E-state index contributed by atoms with van der Waals surface area (Å²) in [5.74, 6) is 0.832. The smallest absolute Gasteiger partial charge is 0.227 e. The Bertz CT molecular complexity index is 304. The minimum atomic E-state index is -0.140. The van der Waals surface area contributed by atoms with E-state index in [2.05, 4.69) is 10.6 Å². The largest absolute Gasteiger partial charge is 0.455 e. The van der Waals surface area contributed by atoms with Crippen molar-refractivity contribution in [3.05, 3.63) is 23.2 Å². The van der Waals surface area contributed by atoms with E-state index in [4.69, 9.17) is 16.3 Å². The first kappa shape index (κ1) is 11.1. The van der Waals surface area contributed by atoms with Crippen LogP contribution < -0.4 is 15.4 Å². The molecule has 2 rings (SSSR count). The fourth-order valence-corrected chi connectivity index (χ4v) is 1.32. The predicted octanol–water partition coefficient (Wildman–Crippen LogP) is 2.67. The zero-order valence-electron chi connectivity index (χ0n) is 8.60. The molecule has 0 radical (unpaired) electrons. The van der Waals surface area contributed by atoms with E-state index in [9.17, 15) is 0 Å². The van der Waals surface area contributed by atoms with Crippen LogP contribution in [0.2, 0.25) is 5.02 Å². The summed E-state index contributed by atoms with van der Waals surface area (Å²) < 4.78 is 5.43. The lowest BCUT2D eigenvalue weighted by molar-refractivity contribution is 0.224. The molecule has 1 heterocycles. The number of benzene rings is 1. The fourth-order valence-electron chi connectivity index (χ4n) is 1.15. The molecule has 3 nitrogen and oxygen atoms in total. The van der Waals surface area contributed by atoms with Gasteiger partial charge in [-0.05, 0) is 25.2 Å². The lowest BCUT2D eigenvalue weighted by Gasteiger charge is -2.07. The zero-order chi connectivity index (χ0) is 10.6. The highest BCUT2D eigenvalue weighted by Gasteiger charge is 2.19. The molecule has 1 atom stereocenters. The Hall–Kier alpha value is -0.930. The lowest BCUT2D eigenvalue weighted by atomic mass is 10.3. The van der Waals surface area contributed by atoms with Gasteiger partial charge in [0.1, 0.15) is 5.75 Å². The SMILES string of the molecule is CC.CNC1Nc2cc(Cl)ccc2O1. The van der Waals surface area contributed by atoms with Gasteiger partial charge in [-0.15, -0.1) is 0 Å². The van der Waals surface area contributed by atoms with Gasteiger partial charge < -0.3 is 10.1 Å². The van der Waals surface area contributed by atoms with Crippen LogP contribution in [0.1, 0.15) is 13.8 Å². The summed E-state index contributed by atoms with van der Waals surface area (Å²) in [6, 6.07) is 5.50. The summed E-state index contributed by atoms with van der Waals surface area (Å²) in [5, 5.41) is 6.77. The van der Waals surface area contributed by atoms with Crippen molar-refractivity contribution in [2.75, 3.05) is 12.4 Å². The Labute approximate surface area is 89.4 Å². The molecular formula is C10H15ClN2O. The van der Waals surface area contributed by atoms with Crippen molar-refractivity contribution in [3.8, 4) is 5.75 Å². The van der Waals surface area contributed by atoms with Gasteiger partial charge in [0.05, 0.1) is 5.69 Å². The lowest BCUT2D eigenvalue weighted by Crippen LogP contribution is -2.34. The number of ether oxygens (including phenoxy) is 1. The van der Waals surface area contributed by atoms with Crippen molar-refractivity contribution in [2.24, 2.45) is 0 Å². The van der Waals surface area contributed by atoms with Crippen LogP contribution in [0, 0.1) is 0 Å². The zero-order valence-corrected chi connectivity index (χ0v) is 9.35. The molecule has 4 heteroatoms. The quantitative estimate of drug-likeness (QED) is 0.754. The monoisotopic (exact) mass is 214 g/mol. The van der Waals surface area contributed by atoms with Crippen molar-refractivity contribution in [2.45, 2.75) is 20.2 Å². The Morgan fingerprint density at radius 1 is 1.43 bits per heavy atom.